The van der Waals surface area contributed by atoms with Crippen molar-refractivity contribution in [1.82, 2.24) is 0 Å². The molecule has 0 saturated heterocycles. The summed E-state index contributed by atoms with van der Waals surface area (Å²) in [6.07, 6.45) is -6.01. The third kappa shape index (κ3) is 2.76. The van der Waals surface area contributed by atoms with E-state index in [0.29, 0.717) is 11.3 Å². The molecule has 1 aromatic rings. The van der Waals surface area contributed by atoms with Gasteiger partial charge in [-0.3, -0.25) is 0 Å². The summed E-state index contributed by atoms with van der Waals surface area (Å²) in [7, 11) is 1.49. The Morgan fingerprint density at radius 2 is 2.11 bits per heavy atom. The summed E-state index contributed by atoms with van der Waals surface area (Å²) < 4.78 is 45.9. The second kappa shape index (κ2) is 4.78. The number of alkyl halides is 3. The number of aliphatic hydroxyl groups is 1. The third-order valence-corrected chi connectivity index (χ3v) is 2.91. The zero-order valence-electron chi connectivity index (χ0n) is 9.70. The van der Waals surface area contributed by atoms with Crippen molar-refractivity contribution in [1.29, 1.82) is 0 Å². The molecule has 2 rings (SSSR count). The highest BCUT2D eigenvalue weighted by molar-refractivity contribution is 5.41. The van der Waals surface area contributed by atoms with Gasteiger partial charge < -0.3 is 14.6 Å². The third-order valence-electron chi connectivity index (χ3n) is 2.91. The summed E-state index contributed by atoms with van der Waals surface area (Å²) >= 11 is 0. The van der Waals surface area contributed by atoms with Crippen molar-refractivity contribution in [2.24, 2.45) is 0 Å². The molecule has 1 aromatic carbocycles. The zero-order valence-corrected chi connectivity index (χ0v) is 9.70. The predicted octanol–water partition coefficient (Wildman–Crippen LogP) is 2.23. The Labute approximate surface area is 102 Å². The maximum atomic E-state index is 12.1. The van der Waals surface area contributed by atoms with Crippen LogP contribution in [-0.2, 0) is 11.2 Å². The minimum atomic E-state index is -4.38. The largest absolute Gasteiger partial charge is 0.497 e. The number of benzene rings is 1. The van der Waals surface area contributed by atoms with E-state index in [0.717, 1.165) is 5.56 Å². The molecule has 3 nitrogen and oxygen atoms in total. The smallest absolute Gasteiger partial charge is 0.411 e. The van der Waals surface area contributed by atoms with Crippen molar-refractivity contribution in [3.05, 3.63) is 29.3 Å². The molecule has 1 aliphatic rings. The summed E-state index contributed by atoms with van der Waals surface area (Å²) in [5.74, 6) is 0.560. The Morgan fingerprint density at radius 3 is 2.72 bits per heavy atom. The Kier molecular flexibility index (Phi) is 3.49. The zero-order chi connectivity index (χ0) is 13.3. The number of rotatable bonds is 3. The van der Waals surface area contributed by atoms with Crippen LogP contribution in [0.5, 0.6) is 5.75 Å². The van der Waals surface area contributed by atoms with Gasteiger partial charge in [-0.15, -0.1) is 0 Å². The van der Waals surface area contributed by atoms with Crippen molar-refractivity contribution in [3.8, 4) is 5.75 Å². The monoisotopic (exact) mass is 262 g/mol. The summed E-state index contributed by atoms with van der Waals surface area (Å²) in [5.41, 5.74) is 1.36. The lowest BCUT2D eigenvalue weighted by Crippen LogP contribution is -2.26. The topological polar surface area (TPSA) is 38.7 Å². The van der Waals surface area contributed by atoms with Gasteiger partial charge in [-0.2, -0.15) is 13.2 Å². The van der Waals surface area contributed by atoms with E-state index in [2.05, 4.69) is 0 Å². The fraction of sp³-hybridized carbons (Fsp3) is 0.500. The van der Waals surface area contributed by atoms with Crippen LogP contribution in [0.1, 0.15) is 17.2 Å². The van der Waals surface area contributed by atoms with Crippen LogP contribution in [0, 0.1) is 0 Å². The molecule has 2 unspecified atom stereocenters. The van der Waals surface area contributed by atoms with E-state index < -0.39 is 25.0 Å². The quantitative estimate of drug-likeness (QED) is 0.907. The van der Waals surface area contributed by atoms with Crippen LogP contribution >= 0.6 is 0 Å². The normalized spacial score (nSPS) is 22.9. The number of halogens is 3. The molecule has 0 aliphatic heterocycles. The van der Waals surface area contributed by atoms with Gasteiger partial charge in [-0.25, -0.2) is 0 Å². The maximum absolute atomic E-state index is 12.1. The lowest BCUT2D eigenvalue weighted by molar-refractivity contribution is -0.193. The minimum Gasteiger partial charge on any atom is -0.497 e. The van der Waals surface area contributed by atoms with Gasteiger partial charge in [0, 0.05) is 6.42 Å². The number of methoxy groups -OCH3 is 1. The first-order valence-electron chi connectivity index (χ1n) is 5.44. The Bertz CT molecular complexity index is 431. The van der Waals surface area contributed by atoms with Crippen LogP contribution in [0.15, 0.2) is 18.2 Å². The van der Waals surface area contributed by atoms with Gasteiger partial charge in [0.05, 0.1) is 13.2 Å². The van der Waals surface area contributed by atoms with Crippen molar-refractivity contribution < 1.29 is 27.8 Å². The molecule has 2 atom stereocenters. The highest BCUT2D eigenvalue weighted by Crippen LogP contribution is 2.36. The van der Waals surface area contributed by atoms with E-state index in [-0.39, 0.29) is 6.42 Å². The number of aliphatic hydroxyl groups excluding tert-OH is 1. The molecular weight excluding hydrogens is 249 g/mol. The highest BCUT2D eigenvalue weighted by Gasteiger charge is 2.36. The van der Waals surface area contributed by atoms with E-state index in [4.69, 9.17) is 9.47 Å². The molecule has 0 radical (unpaired) electrons. The van der Waals surface area contributed by atoms with Crippen molar-refractivity contribution in [2.45, 2.75) is 24.8 Å². The standard InChI is InChI=1S/C12H13F3O3/c1-17-8-3-2-7-4-10(11(16)9(7)5-8)18-6-12(13,14)15/h2-3,5,10-11,16H,4,6H2,1H3. The van der Waals surface area contributed by atoms with Gasteiger partial charge in [0.1, 0.15) is 18.5 Å². The summed E-state index contributed by atoms with van der Waals surface area (Å²) in [6.45, 7) is -1.35. The van der Waals surface area contributed by atoms with Crippen LogP contribution in [0.2, 0.25) is 0 Å². The number of fused-ring (bicyclic) bond motifs is 1. The van der Waals surface area contributed by atoms with Crippen LogP contribution in [0.3, 0.4) is 0 Å². The lowest BCUT2D eigenvalue weighted by Gasteiger charge is -2.17. The maximum Gasteiger partial charge on any atom is 0.411 e. The average molecular weight is 262 g/mol. The molecule has 1 aliphatic carbocycles. The van der Waals surface area contributed by atoms with Crippen LogP contribution in [0.25, 0.3) is 0 Å². The molecule has 0 fully saturated rings. The summed E-state index contributed by atoms with van der Waals surface area (Å²) in [5, 5.41) is 9.91. The molecule has 0 spiro atoms. The van der Waals surface area contributed by atoms with Gasteiger partial charge in [-0.1, -0.05) is 6.07 Å². The Hall–Kier alpha value is -1.27. The number of hydrogen-bond donors (Lipinski definition) is 1. The van der Waals surface area contributed by atoms with Gasteiger partial charge >= 0.3 is 6.18 Å². The predicted molar refractivity (Wildman–Crippen MR) is 57.5 cm³/mol. The molecule has 0 heterocycles. The molecule has 0 bridgehead atoms. The van der Waals surface area contributed by atoms with E-state index in [9.17, 15) is 18.3 Å². The molecule has 0 amide bonds. The first-order chi connectivity index (χ1) is 8.40. The first kappa shape index (κ1) is 13.2. The van der Waals surface area contributed by atoms with Crippen LogP contribution in [0.4, 0.5) is 13.2 Å². The SMILES string of the molecule is COc1ccc2c(c1)C(O)C(OCC(F)(F)F)C2. The van der Waals surface area contributed by atoms with Crippen molar-refractivity contribution in [2.75, 3.05) is 13.7 Å². The molecule has 0 aromatic heterocycles. The Morgan fingerprint density at radius 1 is 1.39 bits per heavy atom. The lowest BCUT2D eigenvalue weighted by atomic mass is 10.1. The molecule has 1 N–H and O–H groups in total. The van der Waals surface area contributed by atoms with Crippen LogP contribution in [-0.4, -0.2) is 31.1 Å². The molecule has 0 saturated carbocycles. The Balaban J connectivity index is 2.08. The van der Waals surface area contributed by atoms with E-state index in [1.54, 1.807) is 18.2 Å². The van der Waals surface area contributed by atoms with Crippen LogP contribution < -0.4 is 4.74 Å². The van der Waals surface area contributed by atoms with Gasteiger partial charge in [0.15, 0.2) is 0 Å². The molecule has 6 heteroatoms. The highest BCUT2D eigenvalue weighted by atomic mass is 19.4. The van der Waals surface area contributed by atoms with E-state index in [1.165, 1.54) is 7.11 Å². The molecule has 18 heavy (non-hydrogen) atoms. The van der Waals surface area contributed by atoms with E-state index >= 15 is 0 Å². The summed E-state index contributed by atoms with van der Waals surface area (Å²) in [6, 6.07) is 5.06. The minimum absolute atomic E-state index is 0.274. The number of ether oxygens (including phenoxy) is 2. The fourth-order valence-corrected chi connectivity index (χ4v) is 2.04. The van der Waals surface area contributed by atoms with Gasteiger partial charge in [-0.05, 0) is 23.3 Å². The second-order valence-electron chi connectivity index (χ2n) is 4.18. The molecule has 100 valence electrons. The van der Waals surface area contributed by atoms with Gasteiger partial charge in [0.25, 0.3) is 0 Å². The van der Waals surface area contributed by atoms with E-state index in [1.807, 2.05) is 0 Å². The second-order valence-corrected chi connectivity index (χ2v) is 4.18. The van der Waals surface area contributed by atoms with Crippen molar-refractivity contribution >= 4 is 0 Å². The number of hydrogen-bond acceptors (Lipinski definition) is 3. The molecular formula is C12H13F3O3. The average Bonchev–Trinajstić information content (AvgIpc) is 2.62. The van der Waals surface area contributed by atoms with Crippen molar-refractivity contribution in [3.63, 3.8) is 0 Å². The summed E-state index contributed by atoms with van der Waals surface area (Å²) in [4.78, 5) is 0. The van der Waals surface area contributed by atoms with Gasteiger partial charge in [0.2, 0.25) is 0 Å². The first-order valence-corrected chi connectivity index (χ1v) is 5.44. The fourth-order valence-electron chi connectivity index (χ4n) is 2.04.